The minimum Gasteiger partial charge on any atom is -0.496 e. The number of hydrogen-bond donors (Lipinski definition) is 2. The number of nitro benzene ring substituents is 1. The first-order chi connectivity index (χ1) is 12.9. The van der Waals surface area contributed by atoms with Gasteiger partial charge >= 0.3 is 0 Å². The number of amides is 1. The first kappa shape index (κ1) is 18.5. The van der Waals surface area contributed by atoms with E-state index in [4.69, 9.17) is 10.5 Å². The summed E-state index contributed by atoms with van der Waals surface area (Å²) >= 11 is 0. The Labute approximate surface area is 157 Å². The van der Waals surface area contributed by atoms with Crippen molar-refractivity contribution < 1.29 is 14.5 Å². The van der Waals surface area contributed by atoms with Gasteiger partial charge in [0.2, 0.25) is 5.91 Å². The molecule has 27 heavy (non-hydrogen) atoms. The molecule has 0 aromatic heterocycles. The highest BCUT2D eigenvalue weighted by Gasteiger charge is 2.28. The lowest BCUT2D eigenvalue weighted by Gasteiger charge is -2.36. The highest BCUT2D eigenvalue weighted by Crippen LogP contribution is 2.33. The number of nitrogens with zero attached hydrogens (tertiary/aromatic N) is 2. The van der Waals surface area contributed by atoms with Crippen molar-refractivity contribution in [3.8, 4) is 5.75 Å². The highest BCUT2D eigenvalue weighted by molar-refractivity contribution is 5.98. The summed E-state index contributed by atoms with van der Waals surface area (Å²) in [5.41, 5.74) is 8.70. The molecular formula is C19H22N4O4. The first-order valence-corrected chi connectivity index (χ1v) is 8.69. The number of nitrogen functional groups attached to an aromatic ring is 1. The number of fused-ring (bicyclic) bond motifs is 1. The van der Waals surface area contributed by atoms with E-state index in [1.54, 1.807) is 13.0 Å². The zero-order valence-corrected chi connectivity index (χ0v) is 15.3. The molecule has 0 saturated carbocycles. The molecule has 0 spiro atoms. The van der Waals surface area contributed by atoms with Crippen LogP contribution in [0.3, 0.4) is 0 Å². The van der Waals surface area contributed by atoms with Gasteiger partial charge in [0.1, 0.15) is 17.5 Å². The second-order valence-corrected chi connectivity index (χ2v) is 6.45. The van der Waals surface area contributed by atoms with Gasteiger partial charge in [-0.15, -0.1) is 0 Å². The van der Waals surface area contributed by atoms with Gasteiger partial charge in [0.25, 0.3) is 5.69 Å². The fourth-order valence-electron chi connectivity index (χ4n) is 3.36. The number of carbonyl (C=O) groups is 1. The van der Waals surface area contributed by atoms with Crippen LogP contribution in [0.1, 0.15) is 18.9 Å². The molecule has 8 heteroatoms. The van der Waals surface area contributed by atoms with Crippen LogP contribution < -0.4 is 20.7 Å². The van der Waals surface area contributed by atoms with E-state index in [1.165, 1.54) is 19.2 Å². The summed E-state index contributed by atoms with van der Waals surface area (Å²) in [6, 6.07) is 9.50. The van der Waals surface area contributed by atoms with Crippen LogP contribution in [0.2, 0.25) is 0 Å². The van der Waals surface area contributed by atoms with Crippen molar-refractivity contribution in [1.82, 2.24) is 0 Å². The van der Waals surface area contributed by atoms with Crippen molar-refractivity contribution in [1.29, 1.82) is 0 Å². The average Bonchev–Trinajstić information content (AvgIpc) is 2.67. The monoisotopic (exact) mass is 370 g/mol. The fraction of sp³-hybridized carbons (Fsp3) is 0.316. The number of methoxy groups -OCH3 is 1. The third-order valence-corrected chi connectivity index (χ3v) is 4.83. The number of ether oxygens (including phenoxy) is 1. The van der Waals surface area contributed by atoms with Crippen LogP contribution >= 0.6 is 0 Å². The number of rotatable bonds is 5. The van der Waals surface area contributed by atoms with Crippen molar-refractivity contribution in [2.24, 2.45) is 0 Å². The molecule has 2 aromatic rings. The van der Waals surface area contributed by atoms with E-state index >= 15 is 0 Å². The van der Waals surface area contributed by atoms with Gasteiger partial charge in [-0.05, 0) is 49.6 Å². The SMILES string of the molecule is COc1ccc(NC(=O)C(C)N2CCCc3c(N)cccc32)c([N+](=O)[O-])c1. The average molecular weight is 370 g/mol. The molecule has 1 aliphatic rings. The van der Waals surface area contributed by atoms with E-state index in [9.17, 15) is 14.9 Å². The van der Waals surface area contributed by atoms with Crippen LogP contribution in [-0.4, -0.2) is 30.5 Å². The molecule has 3 rings (SSSR count). The van der Waals surface area contributed by atoms with Crippen LogP contribution in [0.25, 0.3) is 0 Å². The molecule has 1 aliphatic heterocycles. The quantitative estimate of drug-likeness (QED) is 0.475. The van der Waals surface area contributed by atoms with Gasteiger partial charge < -0.3 is 20.7 Å². The van der Waals surface area contributed by atoms with Gasteiger partial charge in [0.05, 0.1) is 18.1 Å². The molecule has 1 atom stereocenters. The molecule has 3 N–H and O–H groups in total. The van der Waals surface area contributed by atoms with E-state index in [0.29, 0.717) is 5.75 Å². The Kier molecular flexibility index (Phi) is 5.16. The molecule has 8 nitrogen and oxygen atoms in total. The summed E-state index contributed by atoms with van der Waals surface area (Å²) in [7, 11) is 1.43. The van der Waals surface area contributed by atoms with Crippen LogP contribution in [-0.2, 0) is 11.2 Å². The third kappa shape index (κ3) is 3.64. The summed E-state index contributed by atoms with van der Waals surface area (Å²) in [5, 5.41) is 14.0. The number of hydrogen-bond acceptors (Lipinski definition) is 6. The third-order valence-electron chi connectivity index (χ3n) is 4.83. The van der Waals surface area contributed by atoms with Crippen molar-refractivity contribution in [3.05, 3.63) is 52.1 Å². The Morgan fingerprint density at radius 2 is 2.15 bits per heavy atom. The number of nitrogens with one attached hydrogen (secondary N) is 1. The number of anilines is 3. The van der Waals surface area contributed by atoms with E-state index in [2.05, 4.69) is 5.32 Å². The number of carbonyl (C=O) groups excluding carboxylic acids is 1. The van der Waals surface area contributed by atoms with E-state index in [0.717, 1.165) is 36.3 Å². The molecule has 0 radical (unpaired) electrons. The molecule has 0 fully saturated rings. The van der Waals surface area contributed by atoms with Crippen molar-refractivity contribution in [2.45, 2.75) is 25.8 Å². The summed E-state index contributed by atoms with van der Waals surface area (Å²) in [6.45, 7) is 2.50. The lowest BCUT2D eigenvalue weighted by Crippen LogP contribution is -2.44. The lowest BCUT2D eigenvalue weighted by atomic mass is 9.98. The second-order valence-electron chi connectivity index (χ2n) is 6.45. The largest absolute Gasteiger partial charge is 0.496 e. The molecule has 1 heterocycles. The number of nitrogens with two attached hydrogens (primary N) is 1. The Morgan fingerprint density at radius 3 is 2.85 bits per heavy atom. The molecule has 0 aliphatic carbocycles. The predicted molar refractivity (Wildman–Crippen MR) is 104 cm³/mol. The highest BCUT2D eigenvalue weighted by atomic mass is 16.6. The van der Waals surface area contributed by atoms with Crippen molar-refractivity contribution in [2.75, 3.05) is 29.6 Å². The minimum atomic E-state index is -0.542. The minimum absolute atomic E-state index is 0.141. The Morgan fingerprint density at radius 1 is 1.37 bits per heavy atom. The molecule has 0 bridgehead atoms. The number of benzene rings is 2. The van der Waals surface area contributed by atoms with Gasteiger partial charge in [-0.3, -0.25) is 14.9 Å². The van der Waals surface area contributed by atoms with Gasteiger partial charge in [-0.2, -0.15) is 0 Å². The molecule has 1 amide bonds. The zero-order valence-electron chi connectivity index (χ0n) is 15.3. The molecule has 1 unspecified atom stereocenters. The summed E-state index contributed by atoms with van der Waals surface area (Å²) in [4.78, 5) is 25.6. The number of nitro groups is 1. The molecule has 0 saturated heterocycles. The van der Waals surface area contributed by atoms with Crippen LogP contribution in [0, 0.1) is 10.1 Å². The van der Waals surface area contributed by atoms with Gasteiger partial charge in [0, 0.05) is 17.9 Å². The van der Waals surface area contributed by atoms with Crippen LogP contribution in [0.5, 0.6) is 5.75 Å². The van der Waals surface area contributed by atoms with Gasteiger partial charge in [-0.25, -0.2) is 0 Å². The Balaban J connectivity index is 1.84. The Bertz CT molecular complexity index is 884. The maximum Gasteiger partial charge on any atom is 0.296 e. The summed E-state index contributed by atoms with van der Waals surface area (Å²) in [6.07, 6.45) is 1.76. The topological polar surface area (TPSA) is 111 Å². The van der Waals surface area contributed by atoms with E-state index in [-0.39, 0.29) is 17.3 Å². The first-order valence-electron chi connectivity index (χ1n) is 8.69. The smallest absolute Gasteiger partial charge is 0.296 e. The van der Waals surface area contributed by atoms with E-state index < -0.39 is 11.0 Å². The van der Waals surface area contributed by atoms with E-state index in [1.807, 2.05) is 23.1 Å². The zero-order chi connectivity index (χ0) is 19.6. The van der Waals surface area contributed by atoms with Crippen molar-refractivity contribution >= 4 is 28.7 Å². The Hall–Kier alpha value is -3.29. The predicted octanol–water partition coefficient (Wildman–Crippen LogP) is 2.97. The fourth-order valence-corrected chi connectivity index (χ4v) is 3.36. The van der Waals surface area contributed by atoms with Crippen LogP contribution in [0.4, 0.5) is 22.7 Å². The van der Waals surface area contributed by atoms with Crippen molar-refractivity contribution in [3.63, 3.8) is 0 Å². The molecule has 2 aromatic carbocycles. The van der Waals surface area contributed by atoms with Gasteiger partial charge in [0.15, 0.2) is 0 Å². The second kappa shape index (κ2) is 7.53. The maximum absolute atomic E-state index is 12.8. The van der Waals surface area contributed by atoms with Gasteiger partial charge in [-0.1, -0.05) is 6.07 Å². The standard InChI is InChI=1S/C19H22N4O4/c1-12(22-10-4-5-14-15(20)6-3-7-17(14)22)19(24)21-16-9-8-13(27-2)11-18(16)23(25)26/h3,6-9,11-12H,4-5,10,20H2,1-2H3,(H,21,24). The van der Waals surface area contributed by atoms with Crippen LogP contribution in [0.15, 0.2) is 36.4 Å². The molecular weight excluding hydrogens is 348 g/mol. The normalized spacial score (nSPS) is 14.2. The molecule has 142 valence electrons. The summed E-state index contributed by atoms with van der Waals surface area (Å²) in [5.74, 6) is 0.0340. The summed E-state index contributed by atoms with van der Waals surface area (Å²) < 4.78 is 5.02. The maximum atomic E-state index is 12.8. The lowest BCUT2D eigenvalue weighted by molar-refractivity contribution is -0.384.